The van der Waals surface area contributed by atoms with Crippen molar-refractivity contribution in [3.8, 4) is 5.75 Å². The van der Waals surface area contributed by atoms with E-state index in [1.165, 1.54) is 42.5 Å². The number of nitrogens with zero attached hydrogens (tertiary/aromatic N) is 1. The summed E-state index contributed by atoms with van der Waals surface area (Å²) in [6, 6.07) is 29.7. The number of ether oxygens (including phenoxy) is 1. The van der Waals surface area contributed by atoms with Crippen LogP contribution in [0.2, 0.25) is 10.0 Å². The molecule has 4 aromatic rings. The molecule has 0 saturated carbocycles. The van der Waals surface area contributed by atoms with Crippen LogP contribution < -0.4 is 9.46 Å². The third kappa shape index (κ3) is 7.73. The number of sulfonamides is 1. The van der Waals surface area contributed by atoms with Gasteiger partial charge in [-0.2, -0.15) is 0 Å². The summed E-state index contributed by atoms with van der Waals surface area (Å²) in [5.41, 5.74) is 2.27. The summed E-state index contributed by atoms with van der Waals surface area (Å²) in [6.45, 7) is 0.688. The van der Waals surface area contributed by atoms with Gasteiger partial charge in [-0.15, -0.1) is 0 Å². The Bertz CT molecular complexity index is 1390. The largest absolute Gasteiger partial charge is 0.484 e. The maximum absolute atomic E-state index is 13.1. The molecule has 1 N–H and O–H groups in total. The van der Waals surface area contributed by atoms with Crippen LogP contribution in [0, 0.1) is 0 Å². The first-order chi connectivity index (χ1) is 17.8. The quantitative estimate of drug-likeness (QED) is 0.246. The van der Waals surface area contributed by atoms with Gasteiger partial charge in [-0.3, -0.25) is 9.52 Å². The van der Waals surface area contributed by atoms with Gasteiger partial charge < -0.3 is 9.64 Å². The lowest BCUT2D eigenvalue weighted by Gasteiger charge is -2.23. The molecule has 4 rings (SSSR count). The fourth-order valence-electron chi connectivity index (χ4n) is 3.62. The normalized spacial score (nSPS) is 11.1. The van der Waals surface area contributed by atoms with Crippen LogP contribution in [0.15, 0.2) is 108 Å². The van der Waals surface area contributed by atoms with Crippen LogP contribution in [0.5, 0.6) is 5.75 Å². The Labute approximate surface area is 226 Å². The zero-order valence-corrected chi connectivity index (χ0v) is 22.0. The van der Waals surface area contributed by atoms with Crippen LogP contribution in [0.3, 0.4) is 0 Å². The van der Waals surface area contributed by atoms with Crippen molar-refractivity contribution in [1.82, 2.24) is 4.90 Å². The van der Waals surface area contributed by atoms with E-state index in [0.29, 0.717) is 28.9 Å². The third-order valence-corrected chi connectivity index (χ3v) is 7.23. The van der Waals surface area contributed by atoms with Gasteiger partial charge in [-0.25, -0.2) is 8.42 Å². The van der Waals surface area contributed by atoms with E-state index in [0.717, 1.165) is 11.1 Å². The van der Waals surface area contributed by atoms with Crippen molar-refractivity contribution < 1.29 is 17.9 Å². The van der Waals surface area contributed by atoms with E-state index in [-0.39, 0.29) is 23.1 Å². The van der Waals surface area contributed by atoms with Crippen molar-refractivity contribution in [1.29, 1.82) is 0 Å². The molecule has 0 saturated heterocycles. The smallest absolute Gasteiger partial charge is 0.261 e. The Morgan fingerprint density at radius 2 is 1.27 bits per heavy atom. The van der Waals surface area contributed by atoms with E-state index in [1.54, 1.807) is 4.90 Å². The van der Waals surface area contributed by atoms with Crippen molar-refractivity contribution in [2.24, 2.45) is 0 Å². The second-order valence-corrected chi connectivity index (χ2v) is 10.8. The molecule has 0 spiro atoms. The van der Waals surface area contributed by atoms with Gasteiger partial charge in [0.2, 0.25) is 0 Å². The number of amides is 1. The van der Waals surface area contributed by atoms with Gasteiger partial charge in [0.1, 0.15) is 5.75 Å². The van der Waals surface area contributed by atoms with Crippen LogP contribution in [-0.4, -0.2) is 25.8 Å². The number of carbonyl (C=O) groups is 1. The fourth-order valence-corrected chi connectivity index (χ4v) is 5.18. The highest BCUT2D eigenvalue weighted by Gasteiger charge is 2.17. The molecule has 0 aliphatic rings. The van der Waals surface area contributed by atoms with Gasteiger partial charge >= 0.3 is 0 Å². The molecule has 0 unspecified atom stereocenters. The summed E-state index contributed by atoms with van der Waals surface area (Å²) in [6.07, 6.45) is 0. The highest BCUT2D eigenvalue weighted by atomic mass is 35.5. The van der Waals surface area contributed by atoms with Gasteiger partial charge in [0.15, 0.2) is 6.61 Å². The Kier molecular flexibility index (Phi) is 8.71. The Balaban J connectivity index is 1.41. The topological polar surface area (TPSA) is 75.7 Å². The second-order valence-electron chi connectivity index (χ2n) is 8.24. The summed E-state index contributed by atoms with van der Waals surface area (Å²) >= 11 is 11.9. The van der Waals surface area contributed by atoms with Crippen LogP contribution in [-0.2, 0) is 27.9 Å². The zero-order chi connectivity index (χ0) is 26.3. The first-order valence-corrected chi connectivity index (χ1v) is 13.6. The number of rotatable bonds is 10. The number of anilines is 1. The predicted octanol–water partition coefficient (Wildman–Crippen LogP) is 6.40. The predicted molar refractivity (Wildman–Crippen MR) is 146 cm³/mol. The number of carbonyl (C=O) groups excluding carboxylic acids is 1. The SMILES string of the molecule is O=C(COc1ccc(S(=O)(=O)Nc2cc(Cl)cc(Cl)c2)cc1)N(Cc1ccccc1)Cc1ccccc1. The third-order valence-electron chi connectivity index (χ3n) is 5.40. The highest BCUT2D eigenvalue weighted by Crippen LogP contribution is 2.25. The second kappa shape index (κ2) is 12.1. The van der Waals surface area contributed by atoms with Crippen molar-refractivity contribution in [3.63, 3.8) is 0 Å². The molecule has 1 amide bonds. The maximum atomic E-state index is 13.1. The standard InChI is InChI=1S/C28H24Cl2N2O4S/c29-23-15-24(30)17-25(16-23)31-37(34,35)27-13-11-26(12-14-27)36-20-28(33)32(18-21-7-3-1-4-8-21)19-22-9-5-2-6-10-22/h1-17,31H,18-20H2. The van der Waals surface area contributed by atoms with Crippen molar-refractivity contribution >= 4 is 44.8 Å². The van der Waals surface area contributed by atoms with E-state index in [1.807, 2.05) is 60.7 Å². The van der Waals surface area contributed by atoms with Crippen molar-refractivity contribution in [2.75, 3.05) is 11.3 Å². The molecule has 0 bridgehead atoms. The molecule has 0 aliphatic carbocycles. The summed E-state index contributed by atoms with van der Waals surface area (Å²) in [4.78, 5) is 14.8. The minimum absolute atomic E-state index is 0.0251. The van der Waals surface area contributed by atoms with Crippen molar-refractivity contribution in [2.45, 2.75) is 18.0 Å². The number of hydrogen-bond acceptors (Lipinski definition) is 4. The first kappa shape index (κ1) is 26.5. The molecule has 6 nitrogen and oxygen atoms in total. The Morgan fingerprint density at radius 3 is 1.78 bits per heavy atom. The van der Waals surface area contributed by atoms with Gasteiger partial charge in [-0.1, -0.05) is 83.9 Å². The molecule has 0 heterocycles. The average molecular weight is 555 g/mol. The van der Waals surface area contributed by atoms with Gasteiger partial charge in [-0.05, 0) is 53.6 Å². The minimum atomic E-state index is -3.88. The highest BCUT2D eigenvalue weighted by molar-refractivity contribution is 7.92. The summed E-state index contributed by atoms with van der Waals surface area (Å²) in [7, 11) is -3.88. The average Bonchev–Trinajstić information content (AvgIpc) is 2.87. The summed E-state index contributed by atoms with van der Waals surface area (Å²) in [5, 5.41) is 0.624. The number of hydrogen-bond donors (Lipinski definition) is 1. The van der Waals surface area contributed by atoms with E-state index < -0.39 is 10.0 Å². The molecule has 0 aliphatic heterocycles. The lowest BCUT2D eigenvalue weighted by molar-refractivity contribution is -0.134. The lowest BCUT2D eigenvalue weighted by atomic mass is 10.1. The molecule has 4 aromatic carbocycles. The van der Waals surface area contributed by atoms with Crippen molar-refractivity contribution in [3.05, 3.63) is 124 Å². The van der Waals surface area contributed by atoms with Crippen LogP contribution in [0.4, 0.5) is 5.69 Å². The number of halogens is 2. The van der Waals surface area contributed by atoms with Gasteiger partial charge in [0, 0.05) is 23.1 Å². The fraction of sp³-hybridized carbons (Fsp3) is 0.107. The van der Waals surface area contributed by atoms with Gasteiger partial charge in [0.25, 0.3) is 15.9 Å². The minimum Gasteiger partial charge on any atom is -0.484 e. The van der Waals surface area contributed by atoms with E-state index in [9.17, 15) is 13.2 Å². The van der Waals surface area contributed by atoms with Gasteiger partial charge in [0.05, 0.1) is 10.6 Å². The molecular formula is C28H24Cl2N2O4S. The summed E-state index contributed by atoms with van der Waals surface area (Å²) in [5.74, 6) is 0.182. The van der Waals surface area contributed by atoms with E-state index in [4.69, 9.17) is 27.9 Å². The lowest BCUT2D eigenvalue weighted by Crippen LogP contribution is -2.34. The zero-order valence-electron chi connectivity index (χ0n) is 19.7. The molecule has 0 fully saturated rings. The molecule has 0 atom stereocenters. The molecule has 37 heavy (non-hydrogen) atoms. The molecule has 0 radical (unpaired) electrons. The van der Waals surface area contributed by atoms with Crippen LogP contribution >= 0.6 is 23.2 Å². The van der Waals surface area contributed by atoms with E-state index >= 15 is 0 Å². The molecule has 190 valence electrons. The first-order valence-electron chi connectivity index (χ1n) is 11.4. The maximum Gasteiger partial charge on any atom is 0.261 e. The van der Waals surface area contributed by atoms with Crippen LogP contribution in [0.1, 0.15) is 11.1 Å². The Morgan fingerprint density at radius 1 is 0.757 bits per heavy atom. The monoisotopic (exact) mass is 554 g/mol. The molecular weight excluding hydrogens is 531 g/mol. The van der Waals surface area contributed by atoms with Crippen LogP contribution in [0.25, 0.3) is 0 Å². The Hall–Kier alpha value is -3.52. The number of nitrogens with one attached hydrogen (secondary N) is 1. The van der Waals surface area contributed by atoms with E-state index in [2.05, 4.69) is 4.72 Å². The molecule has 0 aromatic heterocycles. The molecule has 9 heteroatoms. The number of benzene rings is 4. The summed E-state index contributed by atoms with van der Waals surface area (Å²) < 4.78 is 33.6.